The minimum Gasteiger partial charge on any atom is -0.495 e. The largest absolute Gasteiger partial charge is 0.495 e. The number of nitrogens with zero attached hydrogens (tertiary/aromatic N) is 4. The summed E-state index contributed by atoms with van der Waals surface area (Å²) >= 11 is 6.17. The van der Waals surface area contributed by atoms with E-state index < -0.39 is 41.8 Å². The van der Waals surface area contributed by atoms with Gasteiger partial charge in [0.2, 0.25) is 5.91 Å². The van der Waals surface area contributed by atoms with Gasteiger partial charge in [-0.15, -0.1) is 5.10 Å². The third kappa shape index (κ3) is 5.77. The molecule has 0 bridgehead atoms. The number of benzene rings is 2. The maximum absolute atomic E-state index is 14.1. The van der Waals surface area contributed by atoms with Crippen LogP contribution in [0.3, 0.4) is 0 Å². The Morgan fingerprint density at radius 2 is 1.95 bits per heavy atom. The molecular weight excluding hydrogens is 560 g/mol. The molecule has 0 saturated carbocycles. The lowest BCUT2D eigenvalue weighted by Gasteiger charge is -2.34. The summed E-state index contributed by atoms with van der Waals surface area (Å²) in [5, 5.41) is 20.4. The molecule has 15 heteroatoms. The van der Waals surface area contributed by atoms with Crippen LogP contribution in [0, 0.1) is 5.82 Å². The minimum absolute atomic E-state index is 0.0488. The zero-order valence-electron chi connectivity index (χ0n) is 20.8. The molecule has 0 spiro atoms. The second-order valence-corrected chi connectivity index (χ2v) is 9.01. The van der Waals surface area contributed by atoms with Crippen LogP contribution in [0.25, 0.3) is 11.3 Å². The monoisotopic (exact) mass is 580 g/mol. The van der Waals surface area contributed by atoms with Gasteiger partial charge in [-0.05, 0) is 49.4 Å². The van der Waals surface area contributed by atoms with Crippen LogP contribution in [-0.4, -0.2) is 56.2 Å². The van der Waals surface area contributed by atoms with Crippen LogP contribution in [0.15, 0.2) is 60.6 Å². The third-order valence-electron chi connectivity index (χ3n) is 5.98. The van der Waals surface area contributed by atoms with E-state index >= 15 is 0 Å². The number of allylic oxidation sites excluding steroid dienone is 1. The fraction of sp³-hybridized carbons (Fsp3) is 0.200. The summed E-state index contributed by atoms with van der Waals surface area (Å²) in [6.45, 7) is 1.47. The van der Waals surface area contributed by atoms with Crippen LogP contribution in [0.4, 0.5) is 23.2 Å². The SMILES string of the molecule is COC1=CN([C@@H](C)C(=O)Nc2ccc(C(N)=O)c(F)c2)C(O)C=C1c1cc(Cl)ccc1-n1cc(C(F)(F)F)nn1. The van der Waals surface area contributed by atoms with E-state index in [-0.39, 0.29) is 38.9 Å². The number of hydrogen-bond donors (Lipinski definition) is 3. The number of rotatable bonds is 7. The molecule has 1 aliphatic heterocycles. The normalized spacial score (nSPS) is 16.2. The number of methoxy groups -OCH3 is 1. The number of carbonyl (C=O) groups is 2. The lowest BCUT2D eigenvalue weighted by Crippen LogP contribution is -2.45. The number of aliphatic hydroxyl groups is 1. The van der Waals surface area contributed by atoms with Crippen molar-refractivity contribution >= 4 is 34.7 Å². The Bertz CT molecular complexity index is 1540. The van der Waals surface area contributed by atoms with Gasteiger partial charge in [-0.2, -0.15) is 13.2 Å². The number of alkyl halides is 3. The first-order valence-electron chi connectivity index (χ1n) is 11.4. The molecule has 4 rings (SSSR count). The molecule has 4 N–H and O–H groups in total. The van der Waals surface area contributed by atoms with Gasteiger partial charge >= 0.3 is 6.18 Å². The number of hydrogen-bond acceptors (Lipinski definition) is 7. The van der Waals surface area contributed by atoms with Crippen molar-refractivity contribution in [2.24, 2.45) is 5.73 Å². The number of aliphatic hydroxyl groups excluding tert-OH is 1. The molecule has 2 amide bonds. The van der Waals surface area contributed by atoms with E-state index in [9.17, 15) is 32.3 Å². The Morgan fingerprint density at radius 1 is 1.23 bits per heavy atom. The Labute approximate surface area is 229 Å². The van der Waals surface area contributed by atoms with Gasteiger partial charge in [0.05, 0.1) is 24.6 Å². The predicted molar refractivity (Wildman–Crippen MR) is 135 cm³/mol. The molecule has 1 unspecified atom stereocenters. The van der Waals surface area contributed by atoms with E-state index in [4.69, 9.17) is 22.1 Å². The van der Waals surface area contributed by atoms with Gasteiger partial charge < -0.3 is 25.8 Å². The number of aromatic nitrogens is 3. The Balaban J connectivity index is 1.63. The molecule has 1 aliphatic rings. The first kappa shape index (κ1) is 28.6. The number of primary amides is 1. The zero-order valence-corrected chi connectivity index (χ0v) is 21.5. The van der Waals surface area contributed by atoms with Gasteiger partial charge in [0.1, 0.15) is 23.8 Å². The Hall–Kier alpha value is -4.43. The summed E-state index contributed by atoms with van der Waals surface area (Å²) in [7, 11) is 1.32. The number of ether oxygens (including phenoxy) is 1. The number of amides is 2. The lowest BCUT2D eigenvalue weighted by molar-refractivity contribution is -0.141. The molecule has 40 heavy (non-hydrogen) atoms. The number of nitrogens with one attached hydrogen (secondary N) is 1. The summed E-state index contributed by atoms with van der Waals surface area (Å²) in [5.74, 6) is -2.38. The fourth-order valence-corrected chi connectivity index (χ4v) is 4.11. The zero-order chi connectivity index (χ0) is 29.4. The van der Waals surface area contributed by atoms with Crippen LogP contribution >= 0.6 is 11.6 Å². The van der Waals surface area contributed by atoms with Gasteiger partial charge in [-0.1, -0.05) is 16.8 Å². The van der Waals surface area contributed by atoms with Gasteiger partial charge in [0.15, 0.2) is 5.69 Å². The average molecular weight is 581 g/mol. The van der Waals surface area contributed by atoms with Crippen LogP contribution in [0.1, 0.15) is 28.5 Å². The molecule has 210 valence electrons. The molecule has 0 radical (unpaired) electrons. The van der Waals surface area contributed by atoms with Crippen molar-refractivity contribution in [3.8, 4) is 5.69 Å². The van der Waals surface area contributed by atoms with Crippen LogP contribution in [0.2, 0.25) is 5.02 Å². The van der Waals surface area contributed by atoms with Gasteiger partial charge in [0.25, 0.3) is 5.91 Å². The maximum Gasteiger partial charge on any atom is 0.436 e. The molecule has 1 aromatic heterocycles. The van der Waals surface area contributed by atoms with Crippen molar-refractivity contribution < 1.29 is 37.0 Å². The first-order valence-corrected chi connectivity index (χ1v) is 11.8. The predicted octanol–water partition coefficient (Wildman–Crippen LogP) is 3.71. The number of anilines is 1. The summed E-state index contributed by atoms with van der Waals surface area (Å²) in [5.41, 5.74) is 4.27. The van der Waals surface area contributed by atoms with E-state index in [0.717, 1.165) is 16.8 Å². The van der Waals surface area contributed by atoms with Crippen molar-refractivity contribution in [2.75, 3.05) is 12.4 Å². The first-order chi connectivity index (χ1) is 18.8. The molecular formula is C25H21ClF4N6O4. The van der Waals surface area contributed by atoms with E-state index in [2.05, 4.69) is 15.6 Å². The van der Waals surface area contributed by atoms with Crippen LogP contribution in [0.5, 0.6) is 0 Å². The Kier molecular flexibility index (Phi) is 7.84. The summed E-state index contributed by atoms with van der Waals surface area (Å²) in [6, 6.07) is 6.65. The highest BCUT2D eigenvalue weighted by molar-refractivity contribution is 6.30. The van der Waals surface area contributed by atoms with E-state index in [1.807, 2.05) is 0 Å². The Morgan fingerprint density at radius 3 is 2.55 bits per heavy atom. The minimum atomic E-state index is -4.71. The van der Waals surface area contributed by atoms with Gasteiger partial charge in [0, 0.05) is 28.0 Å². The summed E-state index contributed by atoms with van der Waals surface area (Å²) < 4.78 is 59.8. The topological polar surface area (TPSA) is 136 Å². The lowest BCUT2D eigenvalue weighted by atomic mass is 9.98. The van der Waals surface area contributed by atoms with Gasteiger partial charge in [-0.25, -0.2) is 9.07 Å². The molecule has 2 aromatic carbocycles. The second kappa shape index (κ2) is 11.0. The number of nitrogens with two attached hydrogens (primary N) is 1. The molecule has 3 aromatic rings. The smallest absolute Gasteiger partial charge is 0.436 e. The van der Waals surface area contributed by atoms with Crippen molar-refractivity contribution in [3.63, 3.8) is 0 Å². The average Bonchev–Trinajstić information content (AvgIpc) is 3.39. The van der Waals surface area contributed by atoms with Crippen molar-refractivity contribution in [1.29, 1.82) is 0 Å². The molecule has 0 saturated heterocycles. The van der Waals surface area contributed by atoms with Crippen molar-refractivity contribution in [1.82, 2.24) is 19.9 Å². The van der Waals surface area contributed by atoms with Crippen molar-refractivity contribution in [3.05, 3.63) is 88.3 Å². The summed E-state index contributed by atoms with van der Waals surface area (Å²) in [4.78, 5) is 25.4. The highest BCUT2D eigenvalue weighted by Gasteiger charge is 2.35. The highest BCUT2D eigenvalue weighted by atomic mass is 35.5. The molecule has 10 nitrogen and oxygen atoms in total. The molecule has 0 fully saturated rings. The van der Waals surface area contributed by atoms with Gasteiger partial charge in [-0.3, -0.25) is 9.59 Å². The standard InChI is InChI=1S/C25H21ClF4N6O4/c1-12(24(39)32-14-4-5-15(23(31)38)18(27)8-14)35-10-20(40-2)17(9-22(35)37)16-7-13(26)3-6-19(16)36-11-21(33-34-36)25(28,29)30/h3-12,22,37H,1-2H3,(H2,31,38)(H,32,39)/t12-,22?/m0/s1. The van der Waals surface area contributed by atoms with Crippen LogP contribution < -0.4 is 11.1 Å². The van der Waals surface area contributed by atoms with E-state index in [1.165, 1.54) is 55.5 Å². The van der Waals surface area contributed by atoms with E-state index in [1.54, 1.807) is 0 Å². The van der Waals surface area contributed by atoms with Crippen LogP contribution in [-0.2, 0) is 15.7 Å². The molecule has 2 heterocycles. The number of halogens is 5. The molecule has 0 aliphatic carbocycles. The number of carbonyl (C=O) groups excluding carboxylic acids is 2. The third-order valence-corrected chi connectivity index (χ3v) is 6.22. The summed E-state index contributed by atoms with van der Waals surface area (Å²) in [6.07, 6.45) is -2.75. The molecule has 2 atom stereocenters. The highest BCUT2D eigenvalue weighted by Crippen LogP contribution is 2.36. The second-order valence-electron chi connectivity index (χ2n) is 8.57. The van der Waals surface area contributed by atoms with Crippen molar-refractivity contribution in [2.45, 2.75) is 25.4 Å². The maximum atomic E-state index is 14.1. The quantitative estimate of drug-likeness (QED) is 0.363. The van der Waals surface area contributed by atoms with E-state index in [0.29, 0.717) is 6.20 Å². The fourth-order valence-electron chi connectivity index (χ4n) is 3.93.